The molecule has 0 fully saturated rings. The first-order valence-electron chi connectivity index (χ1n) is 4.95. The first-order valence-corrected chi connectivity index (χ1v) is 5.33. The van der Waals surface area contributed by atoms with E-state index in [-0.39, 0.29) is 0 Å². The Hall–Kier alpha value is -2.14. The second-order valence-corrected chi connectivity index (χ2v) is 4.00. The molecule has 0 spiro atoms. The maximum Gasteiger partial charge on any atom is 0.158 e. The van der Waals surface area contributed by atoms with Crippen LogP contribution in [0.5, 0.6) is 0 Å². The van der Waals surface area contributed by atoms with Crippen molar-refractivity contribution in [2.45, 2.75) is 0 Å². The lowest BCUT2D eigenvalue weighted by Gasteiger charge is -1.94. The zero-order valence-corrected chi connectivity index (χ0v) is 9.44. The van der Waals surface area contributed by atoms with Crippen LogP contribution < -0.4 is 5.73 Å². The number of nitrogens with zero attached hydrogens (tertiary/aromatic N) is 3. The Kier molecular flexibility index (Phi) is 2.19. The predicted molar refractivity (Wildman–Crippen MR) is 66.5 cm³/mol. The summed E-state index contributed by atoms with van der Waals surface area (Å²) in [6, 6.07) is 3.45. The van der Waals surface area contributed by atoms with E-state index < -0.39 is 0 Å². The van der Waals surface area contributed by atoms with Crippen molar-refractivity contribution in [3.63, 3.8) is 0 Å². The summed E-state index contributed by atoms with van der Waals surface area (Å²) in [5, 5.41) is 0.573. The van der Waals surface area contributed by atoms with Gasteiger partial charge in [-0.05, 0) is 12.1 Å². The zero-order chi connectivity index (χ0) is 11.8. The summed E-state index contributed by atoms with van der Waals surface area (Å²) < 4.78 is 0. The van der Waals surface area contributed by atoms with Crippen molar-refractivity contribution in [2.75, 3.05) is 5.73 Å². The molecular weight excluding hydrogens is 238 g/mol. The number of aromatic amines is 1. The molecular formula is C11H8ClN5. The van der Waals surface area contributed by atoms with Crippen molar-refractivity contribution >= 4 is 28.3 Å². The molecule has 2 aromatic heterocycles. The van der Waals surface area contributed by atoms with Gasteiger partial charge in [-0.1, -0.05) is 11.6 Å². The first kappa shape index (κ1) is 10.0. The van der Waals surface area contributed by atoms with Crippen LogP contribution in [0.3, 0.4) is 0 Å². The Morgan fingerprint density at radius 1 is 1.24 bits per heavy atom. The second-order valence-electron chi connectivity index (χ2n) is 3.57. The Morgan fingerprint density at radius 3 is 2.88 bits per heavy atom. The Bertz CT molecular complexity index is 677. The van der Waals surface area contributed by atoms with Gasteiger partial charge in [0.1, 0.15) is 11.2 Å². The number of aromatic nitrogens is 4. The van der Waals surface area contributed by atoms with Gasteiger partial charge >= 0.3 is 0 Å². The zero-order valence-electron chi connectivity index (χ0n) is 8.68. The van der Waals surface area contributed by atoms with Gasteiger partial charge in [0, 0.05) is 17.4 Å². The number of hydrogen-bond acceptors (Lipinski definition) is 4. The highest BCUT2D eigenvalue weighted by molar-refractivity contribution is 6.31. The number of fused-ring (bicyclic) bond motifs is 1. The van der Waals surface area contributed by atoms with Gasteiger partial charge in [0.05, 0.1) is 17.4 Å². The topological polar surface area (TPSA) is 80.5 Å². The maximum absolute atomic E-state index is 5.92. The fraction of sp³-hybridized carbons (Fsp3) is 0. The summed E-state index contributed by atoms with van der Waals surface area (Å²) in [7, 11) is 0. The quantitative estimate of drug-likeness (QED) is 0.645. The fourth-order valence-corrected chi connectivity index (χ4v) is 1.88. The summed E-state index contributed by atoms with van der Waals surface area (Å²) in [5.41, 5.74) is 8.53. The van der Waals surface area contributed by atoms with Crippen molar-refractivity contribution in [1.82, 2.24) is 19.9 Å². The number of nitrogen functional groups attached to an aromatic ring is 1. The van der Waals surface area contributed by atoms with Gasteiger partial charge in [-0.3, -0.25) is 4.98 Å². The molecule has 17 heavy (non-hydrogen) atoms. The van der Waals surface area contributed by atoms with Crippen LogP contribution >= 0.6 is 11.6 Å². The van der Waals surface area contributed by atoms with E-state index in [1.807, 2.05) is 0 Å². The van der Waals surface area contributed by atoms with Crippen molar-refractivity contribution < 1.29 is 0 Å². The molecule has 0 radical (unpaired) electrons. The lowest BCUT2D eigenvalue weighted by molar-refractivity contribution is 1.17. The molecule has 0 aliphatic heterocycles. The molecule has 3 N–H and O–H groups in total. The fourth-order valence-electron chi connectivity index (χ4n) is 1.65. The third-order valence-electron chi connectivity index (χ3n) is 2.39. The van der Waals surface area contributed by atoms with Gasteiger partial charge in [-0.25, -0.2) is 9.97 Å². The standard InChI is InChI=1S/C11H8ClN5/c12-6-3-7(13)10-8(4-6)16-11(17-10)9-5-14-1-2-15-9/h1-5H,13H2,(H,16,17). The highest BCUT2D eigenvalue weighted by atomic mass is 35.5. The van der Waals surface area contributed by atoms with E-state index >= 15 is 0 Å². The van der Waals surface area contributed by atoms with Crippen LogP contribution in [0.4, 0.5) is 5.69 Å². The van der Waals surface area contributed by atoms with Crippen LogP contribution in [-0.2, 0) is 0 Å². The molecule has 0 atom stereocenters. The summed E-state index contributed by atoms with van der Waals surface area (Å²) in [4.78, 5) is 15.7. The number of imidazole rings is 1. The molecule has 0 bridgehead atoms. The predicted octanol–water partition coefficient (Wildman–Crippen LogP) is 2.26. The molecule has 6 heteroatoms. The van der Waals surface area contributed by atoms with E-state index in [1.165, 1.54) is 0 Å². The van der Waals surface area contributed by atoms with E-state index in [1.54, 1.807) is 30.7 Å². The van der Waals surface area contributed by atoms with Gasteiger partial charge < -0.3 is 10.7 Å². The Morgan fingerprint density at radius 2 is 2.12 bits per heavy atom. The highest BCUT2D eigenvalue weighted by Gasteiger charge is 2.09. The van der Waals surface area contributed by atoms with E-state index in [2.05, 4.69) is 19.9 Å². The lowest BCUT2D eigenvalue weighted by atomic mass is 10.3. The number of anilines is 1. The summed E-state index contributed by atoms with van der Waals surface area (Å²) in [5.74, 6) is 0.627. The molecule has 3 aromatic rings. The SMILES string of the molecule is Nc1cc(Cl)cc2[nH]c(-c3cnccn3)nc12. The van der Waals surface area contributed by atoms with Gasteiger partial charge in [-0.15, -0.1) is 0 Å². The molecule has 0 saturated heterocycles. The van der Waals surface area contributed by atoms with Crippen LogP contribution in [-0.4, -0.2) is 19.9 Å². The van der Waals surface area contributed by atoms with Crippen molar-refractivity contribution in [1.29, 1.82) is 0 Å². The number of halogens is 1. The smallest absolute Gasteiger partial charge is 0.158 e. The summed E-state index contributed by atoms with van der Waals surface area (Å²) >= 11 is 5.92. The highest BCUT2D eigenvalue weighted by Crippen LogP contribution is 2.26. The van der Waals surface area contributed by atoms with Crippen LogP contribution in [0.25, 0.3) is 22.6 Å². The van der Waals surface area contributed by atoms with Crippen LogP contribution in [0.2, 0.25) is 5.02 Å². The molecule has 0 unspecified atom stereocenters. The lowest BCUT2D eigenvalue weighted by Crippen LogP contribution is -1.87. The molecule has 84 valence electrons. The number of rotatable bonds is 1. The molecule has 5 nitrogen and oxygen atoms in total. The Labute approximate surface area is 102 Å². The number of nitrogens with one attached hydrogen (secondary N) is 1. The Balaban J connectivity index is 2.24. The molecule has 3 rings (SSSR count). The normalized spacial score (nSPS) is 10.9. The molecule has 0 saturated carbocycles. The molecule has 0 amide bonds. The minimum absolute atomic E-state index is 0.541. The van der Waals surface area contributed by atoms with Crippen molar-refractivity contribution in [3.8, 4) is 11.5 Å². The van der Waals surface area contributed by atoms with E-state index in [9.17, 15) is 0 Å². The minimum atomic E-state index is 0.541. The average molecular weight is 246 g/mol. The first-order chi connectivity index (χ1) is 8.24. The molecule has 0 aliphatic carbocycles. The maximum atomic E-state index is 5.92. The molecule has 2 heterocycles. The average Bonchev–Trinajstić information content (AvgIpc) is 2.74. The van der Waals surface area contributed by atoms with Gasteiger partial charge in [0.25, 0.3) is 0 Å². The third-order valence-corrected chi connectivity index (χ3v) is 2.60. The monoisotopic (exact) mass is 245 g/mol. The van der Waals surface area contributed by atoms with Gasteiger partial charge in [-0.2, -0.15) is 0 Å². The summed E-state index contributed by atoms with van der Waals surface area (Å²) in [6.45, 7) is 0. The summed E-state index contributed by atoms with van der Waals surface area (Å²) in [6.07, 6.45) is 4.85. The van der Waals surface area contributed by atoms with Crippen LogP contribution in [0.15, 0.2) is 30.7 Å². The molecule has 1 aromatic carbocycles. The number of hydrogen-bond donors (Lipinski definition) is 2. The van der Waals surface area contributed by atoms with E-state index in [4.69, 9.17) is 17.3 Å². The van der Waals surface area contributed by atoms with Gasteiger partial charge in [0.2, 0.25) is 0 Å². The minimum Gasteiger partial charge on any atom is -0.397 e. The third kappa shape index (κ3) is 1.70. The van der Waals surface area contributed by atoms with Crippen LogP contribution in [0.1, 0.15) is 0 Å². The number of benzene rings is 1. The molecule has 0 aliphatic rings. The van der Waals surface area contributed by atoms with Crippen molar-refractivity contribution in [2.24, 2.45) is 0 Å². The van der Waals surface area contributed by atoms with E-state index in [0.717, 1.165) is 5.52 Å². The largest absolute Gasteiger partial charge is 0.397 e. The number of H-pyrrole nitrogens is 1. The van der Waals surface area contributed by atoms with Crippen molar-refractivity contribution in [3.05, 3.63) is 35.7 Å². The van der Waals surface area contributed by atoms with E-state index in [0.29, 0.717) is 27.7 Å². The van der Waals surface area contributed by atoms with Gasteiger partial charge in [0.15, 0.2) is 5.82 Å². The number of nitrogens with two attached hydrogens (primary N) is 1. The second kappa shape index (κ2) is 3.71. The van der Waals surface area contributed by atoms with Crippen LogP contribution in [0, 0.1) is 0 Å².